The summed E-state index contributed by atoms with van der Waals surface area (Å²) in [6.07, 6.45) is 0.854. The van der Waals surface area contributed by atoms with Crippen LogP contribution in [0.25, 0.3) is 0 Å². The number of ether oxygens (including phenoxy) is 1. The molecule has 0 fully saturated rings. The second-order valence-electron chi connectivity index (χ2n) is 4.45. The van der Waals surface area contributed by atoms with Gasteiger partial charge in [-0.2, -0.15) is 0 Å². The molecule has 0 radical (unpaired) electrons. The Hall–Kier alpha value is -0.860. The first-order valence-electron chi connectivity index (χ1n) is 5.46. The van der Waals surface area contributed by atoms with E-state index in [0.717, 1.165) is 13.0 Å². The lowest BCUT2D eigenvalue weighted by molar-refractivity contribution is 0.101. The normalized spacial score (nSPS) is 14.9. The SMILES string of the molecule is CCOCC(C)(N)Cc1ccc(C)cc1. The molecule has 0 spiro atoms. The van der Waals surface area contributed by atoms with E-state index in [2.05, 4.69) is 31.2 Å². The second-order valence-corrected chi connectivity index (χ2v) is 4.45. The van der Waals surface area contributed by atoms with Crippen LogP contribution in [0.1, 0.15) is 25.0 Å². The highest BCUT2D eigenvalue weighted by atomic mass is 16.5. The number of hydrogen-bond donors (Lipinski definition) is 1. The molecule has 1 unspecified atom stereocenters. The van der Waals surface area contributed by atoms with Gasteiger partial charge in [0.2, 0.25) is 0 Å². The van der Waals surface area contributed by atoms with Crippen molar-refractivity contribution in [3.63, 3.8) is 0 Å². The van der Waals surface area contributed by atoms with Gasteiger partial charge in [0.1, 0.15) is 0 Å². The van der Waals surface area contributed by atoms with Crippen LogP contribution in [0.3, 0.4) is 0 Å². The molecule has 0 aliphatic heterocycles. The first-order chi connectivity index (χ1) is 7.03. The zero-order chi connectivity index (χ0) is 11.3. The van der Waals surface area contributed by atoms with Crippen LogP contribution >= 0.6 is 0 Å². The van der Waals surface area contributed by atoms with E-state index in [1.807, 2.05) is 13.8 Å². The number of aryl methyl sites for hydroxylation is 1. The molecule has 0 saturated carbocycles. The summed E-state index contributed by atoms with van der Waals surface area (Å²) in [5, 5.41) is 0. The van der Waals surface area contributed by atoms with Crippen molar-refractivity contribution in [3.05, 3.63) is 35.4 Å². The average molecular weight is 207 g/mol. The average Bonchev–Trinajstić information content (AvgIpc) is 2.18. The van der Waals surface area contributed by atoms with Gasteiger partial charge in [-0.3, -0.25) is 0 Å². The fraction of sp³-hybridized carbons (Fsp3) is 0.538. The quantitative estimate of drug-likeness (QED) is 0.804. The molecular weight excluding hydrogens is 186 g/mol. The molecular formula is C13H21NO. The first kappa shape index (κ1) is 12.2. The Labute approximate surface area is 92.4 Å². The topological polar surface area (TPSA) is 35.2 Å². The third kappa shape index (κ3) is 4.45. The van der Waals surface area contributed by atoms with Crippen LogP contribution in [-0.2, 0) is 11.2 Å². The van der Waals surface area contributed by atoms with E-state index in [1.165, 1.54) is 11.1 Å². The smallest absolute Gasteiger partial charge is 0.0646 e. The molecule has 0 aliphatic rings. The first-order valence-corrected chi connectivity index (χ1v) is 5.46. The molecule has 0 saturated heterocycles. The van der Waals surface area contributed by atoms with Crippen LogP contribution in [0.2, 0.25) is 0 Å². The fourth-order valence-electron chi connectivity index (χ4n) is 1.56. The maximum absolute atomic E-state index is 6.15. The summed E-state index contributed by atoms with van der Waals surface area (Å²) in [5.41, 5.74) is 8.42. The van der Waals surface area contributed by atoms with E-state index >= 15 is 0 Å². The van der Waals surface area contributed by atoms with Crippen LogP contribution in [0.4, 0.5) is 0 Å². The third-order valence-corrected chi connectivity index (χ3v) is 2.36. The van der Waals surface area contributed by atoms with E-state index in [0.29, 0.717) is 6.61 Å². The van der Waals surface area contributed by atoms with Crippen LogP contribution < -0.4 is 5.73 Å². The lowest BCUT2D eigenvalue weighted by Crippen LogP contribution is -2.43. The zero-order valence-corrected chi connectivity index (χ0v) is 9.92. The van der Waals surface area contributed by atoms with Gasteiger partial charge >= 0.3 is 0 Å². The van der Waals surface area contributed by atoms with Gasteiger partial charge in [-0.25, -0.2) is 0 Å². The van der Waals surface area contributed by atoms with Gasteiger partial charge in [0.25, 0.3) is 0 Å². The molecule has 0 aromatic heterocycles. The van der Waals surface area contributed by atoms with Crippen LogP contribution in [0.5, 0.6) is 0 Å². The summed E-state index contributed by atoms with van der Waals surface area (Å²) in [7, 11) is 0. The van der Waals surface area contributed by atoms with E-state index < -0.39 is 0 Å². The van der Waals surface area contributed by atoms with Gasteiger partial charge in [-0.1, -0.05) is 29.8 Å². The minimum absolute atomic E-state index is 0.273. The molecule has 1 aromatic carbocycles. The predicted molar refractivity (Wildman–Crippen MR) is 64.0 cm³/mol. The van der Waals surface area contributed by atoms with Crippen LogP contribution in [0, 0.1) is 6.92 Å². The maximum Gasteiger partial charge on any atom is 0.0646 e. The molecule has 1 aromatic rings. The molecule has 0 heterocycles. The molecule has 84 valence electrons. The number of rotatable bonds is 5. The summed E-state index contributed by atoms with van der Waals surface area (Å²) < 4.78 is 5.37. The van der Waals surface area contributed by atoms with Gasteiger partial charge < -0.3 is 10.5 Å². The Bertz CT molecular complexity index is 290. The Morgan fingerprint density at radius 3 is 2.40 bits per heavy atom. The molecule has 1 rings (SSSR count). The Morgan fingerprint density at radius 2 is 1.87 bits per heavy atom. The van der Waals surface area contributed by atoms with Crippen molar-refractivity contribution in [3.8, 4) is 0 Å². The number of benzene rings is 1. The Balaban J connectivity index is 2.56. The summed E-state index contributed by atoms with van der Waals surface area (Å²) >= 11 is 0. The number of nitrogens with two attached hydrogens (primary N) is 1. The van der Waals surface area contributed by atoms with Crippen molar-refractivity contribution in [1.29, 1.82) is 0 Å². The predicted octanol–water partition coefficient (Wildman–Crippen LogP) is 2.29. The van der Waals surface area contributed by atoms with Gasteiger partial charge in [0.05, 0.1) is 6.61 Å². The van der Waals surface area contributed by atoms with Crippen molar-refractivity contribution in [2.24, 2.45) is 5.73 Å². The molecule has 1 atom stereocenters. The van der Waals surface area contributed by atoms with E-state index in [4.69, 9.17) is 10.5 Å². The fourth-order valence-corrected chi connectivity index (χ4v) is 1.56. The molecule has 15 heavy (non-hydrogen) atoms. The van der Waals surface area contributed by atoms with E-state index in [1.54, 1.807) is 0 Å². The van der Waals surface area contributed by atoms with Gasteiger partial charge in [0, 0.05) is 12.1 Å². The van der Waals surface area contributed by atoms with Gasteiger partial charge in [-0.05, 0) is 32.8 Å². The van der Waals surface area contributed by atoms with E-state index in [9.17, 15) is 0 Å². The number of hydrogen-bond acceptors (Lipinski definition) is 2. The maximum atomic E-state index is 6.15. The third-order valence-electron chi connectivity index (χ3n) is 2.36. The summed E-state index contributed by atoms with van der Waals surface area (Å²) in [6, 6.07) is 8.50. The van der Waals surface area contributed by atoms with Crippen molar-refractivity contribution >= 4 is 0 Å². The minimum atomic E-state index is -0.273. The van der Waals surface area contributed by atoms with Gasteiger partial charge in [-0.15, -0.1) is 0 Å². The van der Waals surface area contributed by atoms with Crippen molar-refractivity contribution < 1.29 is 4.74 Å². The van der Waals surface area contributed by atoms with Crippen molar-refractivity contribution in [2.45, 2.75) is 32.7 Å². The van der Waals surface area contributed by atoms with Crippen molar-refractivity contribution in [1.82, 2.24) is 0 Å². The van der Waals surface area contributed by atoms with Gasteiger partial charge in [0.15, 0.2) is 0 Å². The summed E-state index contributed by atoms with van der Waals surface area (Å²) in [6.45, 7) is 7.44. The monoisotopic (exact) mass is 207 g/mol. The Morgan fingerprint density at radius 1 is 1.27 bits per heavy atom. The van der Waals surface area contributed by atoms with E-state index in [-0.39, 0.29) is 5.54 Å². The van der Waals surface area contributed by atoms with Crippen LogP contribution in [0.15, 0.2) is 24.3 Å². The molecule has 0 aliphatic carbocycles. The molecule has 0 bridgehead atoms. The standard InChI is InChI=1S/C13H21NO/c1-4-15-10-13(3,14)9-12-7-5-11(2)6-8-12/h5-8H,4,9-10,14H2,1-3H3. The van der Waals surface area contributed by atoms with Crippen molar-refractivity contribution in [2.75, 3.05) is 13.2 Å². The molecule has 2 nitrogen and oxygen atoms in total. The molecule has 2 heteroatoms. The lowest BCUT2D eigenvalue weighted by atomic mass is 9.94. The Kier molecular flexibility index (Phi) is 4.30. The summed E-state index contributed by atoms with van der Waals surface area (Å²) in [5.74, 6) is 0. The minimum Gasteiger partial charge on any atom is -0.380 e. The summed E-state index contributed by atoms with van der Waals surface area (Å²) in [4.78, 5) is 0. The zero-order valence-electron chi connectivity index (χ0n) is 9.92. The van der Waals surface area contributed by atoms with Crippen LogP contribution in [-0.4, -0.2) is 18.8 Å². The largest absolute Gasteiger partial charge is 0.380 e. The lowest BCUT2D eigenvalue weighted by Gasteiger charge is -2.24. The highest BCUT2D eigenvalue weighted by Crippen LogP contribution is 2.12. The highest BCUT2D eigenvalue weighted by Gasteiger charge is 2.18. The molecule has 2 N–H and O–H groups in total. The second kappa shape index (κ2) is 5.29. The molecule has 0 amide bonds. The highest BCUT2D eigenvalue weighted by molar-refractivity contribution is 5.22.